The highest BCUT2D eigenvalue weighted by Gasteiger charge is 2.57. The van der Waals surface area contributed by atoms with Gasteiger partial charge in [0.05, 0.1) is 16.7 Å². The van der Waals surface area contributed by atoms with E-state index in [2.05, 4.69) is 33.6 Å². The van der Waals surface area contributed by atoms with Crippen molar-refractivity contribution in [2.24, 2.45) is 17.8 Å². The third kappa shape index (κ3) is 2.38. The summed E-state index contributed by atoms with van der Waals surface area (Å²) in [6.07, 6.45) is 0. The molecule has 0 radical (unpaired) electrons. The van der Waals surface area contributed by atoms with Gasteiger partial charge in [0.15, 0.2) is 0 Å². The van der Waals surface area contributed by atoms with E-state index in [1.807, 2.05) is 32.9 Å². The highest BCUT2D eigenvalue weighted by atomic mass is 16.2. The maximum atomic E-state index is 12.7. The third-order valence-corrected chi connectivity index (χ3v) is 5.46. The van der Waals surface area contributed by atoms with E-state index in [0.29, 0.717) is 11.8 Å². The number of carbonyl (C=O) groups excluding carboxylic acids is 1. The Balaban J connectivity index is 1.68. The molecule has 2 heterocycles. The predicted molar refractivity (Wildman–Crippen MR) is 93.5 cm³/mol. The quantitative estimate of drug-likeness (QED) is 0.907. The number of amides is 1. The molecule has 1 unspecified atom stereocenters. The zero-order valence-electron chi connectivity index (χ0n) is 14.7. The molecule has 1 aliphatic heterocycles. The lowest BCUT2D eigenvalue weighted by atomic mass is 9.94. The van der Waals surface area contributed by atoms with Crippen molar-refractivity contribution in [1.29, 1.82) is 0 Å². The summed E-state index contributed by atoms with van der Waals surface area (Å²) in [5.41, 5.74) is 2.46. The molecule has 0 bridgehead atoms. The van der Waals surface area contributed by atoms with Gasteiger partial charge in [-0.05, 0) is 58.2 Å². The van der Waals surface area contributed by atoms with E-state index in [1.54, 1.807) is 0 Å². The number of nitrogens with zero attached hydrogens (tertiary/aromatic N) is 2. The molecule has 5 heteroatoms. The molecule has 1 aromatic carbocycles. The smallest absolute Gasteiger partial charge is 0.224 e. The standard InChI is InChI=1S/C19H24N4O/c1-10-6-5-7-12-16(10)21-11(2)22-17(12)19(3,4)23-18(24)15-13-8-20-9-14(13)15/h5-7,13-15,20H,8-9H2,1-4H3,(H,23,24)/t13-,14?,15+/m0/s1. The average Bonchev–Trinajstić information content (AvgIpc) is 3.01. The van der Waals surface area contributed by atoms with Crippen LogP contribution in [-0.2, 0) is 10.3 Å². The summed E-state index contributed by atoms with van der Waals surface area (Å²) >= 11 is 0. The van der Waals surface area contributed by atoms with Crippen molar-refractivity contribution in [2.45, 2.75) is 33.2 Å². The summed E-state index contributed by atoms with van der Waals surface area (Å²) in [5.74, 6) is 2.11. The normalized spacial score (nSPS) is 25.6. The van der Waals surface area contributed by atoms with E-state index in [-0.39, 0.29) is 11.8 Å². The van der Waals surface area contributed by atoms with Crippen LogP contribution in [0.15, 0.2) is 18.2 Å². The minimum absolute atomic E-state index is 0.161. The fourth-order valence-electron chi connectivity index (χ4n) is 4.14. The van der Waals surface area contributed by atoms with E-state index in [0.717, 1.165) is 41.1 Å². The molecular weight excluding hydrogens is 300 g/mol. The van der Waals surface area contributed by atoms with Gasteiger partial charge in [0.2, 0.25) is 5.91 Å². The van der Waals surface area contributed by atoms with Crippen LogP contribution in [0.4, 0.5) is 0 Å². The molecule has 0 spiro atoms. The van der Waals surface area contributed by atoms with Crippen LogP contribution in [0.2, 0.25) is 0 Å². The lowest BCUT2D eigenvalue weighted by Gasteiger charge is -2.28. The minimum Gasteiger partial charge on any atom is -0.345 e. The molecule has 4 rings (SSSR count). The van der Waals surface area contributed by atoms with Crippen molar-refractivity contribution in [3.63, 3.8) is 0 Å². The first kappa shape index (κ1) is 15.5. The van der Waals surface area contributed by atoms with E-state index in [1.165, 1.54) is 0 Å². The minimum atomic E-state index is -0.527. The fourth-order valence-corrected chi connectivity index (χ4v) is 4.14. The van der Waals surface area contributed by atoms with Gasteiger partial charge in [0, 0.05) is 11.3 Å². The number of aryl methyl sites for hydroxylation is 2. The van der Waals surface area contributed by atoms with Crippen LogP contribution in [0.25, 0.3) is 10.9 Å². The monoisotopic (exact) mass is 324 g/mol. The first-order chi connectivity index (χ1) is 11.4. The topological polar surface area (TPSA) is 66.9 Å². The second kappa shape index (κ2) is 5.24. The van der Waals surface area contributed by atoms with Crippen molar-refractivity contribution in [2.75, 3.05) is 13.1 Å². The Labute approximate surface area is 142 Å². The molecular formula is C19H24N4O. The highest BCUT2D eigenvalue weighted by Crippen LogP contribution is 2.49. The van der Waals surface area contributed by atoms with Crippen molar-refractivity contribution in [1.82, 2.24) is 20.6 Å². The molecule has 5 nitrogen and oxygen atoms in total. The SMILES string of the molecule is Cc1nc(C(C)(C)NC(=O)[C@H]2C3CNC[C@@H]32)c2cccc(C)c2n1. The first-order valence-corrected chi connectivity index (χ1v) is 8.65. The Kier molecular flexibility index (Phi) is 3.39. The Hall–Kier alpha value is -2.01. The molecule has 1 amide bonds. The lowest BCUT2D eigenvalue weighted by Crippen LogP contribution is -2.44. The molecule has 2 aliphatic rings. The molecule has 1 aromatic heterocycles. The maximum absolute atomic E-state index is 12.7. The van der Waals surface area contributed by atoms with Gasteiger partial charge in [-0.3, -0.25) is 4.79 Å². The largest absolute Gasteiger partial charge is 0.345 e. The zero-order valence-corrected chi connectivity index (χ0v) is 14.7. The summed E-state index contributed by atoms with van der Waals surface area (Å²) in [6, 6.07) is 6.12. The van der Waals surface area contributed by atoms with Crippen LogP contribution in [0.5, 0.6) is 0 Å². The zero-order chi connectivity index (χ0) is 17.1. The number of benzene rings is 1. The van der Waals surface area contributed by atoms with Gasteiger partial charge in [0.25, 0.3) is 0 Å². The van der Waals surface area contributed by atoms with Crippen LogP contribution in [0.3, 0.4) is 0 Å². The number of rotatable bonds is 3. The predicted octanol–water partition coefficient (Wildman–Crippen LogP) is 2.06. The number of hydrogen-bond acceptors (Lipinski definition) is 4. The second-order valence-electron chi connectivity index (χ2n) is 7.72. The van der Waals surface area contributed by atoms with E-state index in [9.17, 15) is 4.79 Å². The van der Waals surface area contributed by atoms with Gasteiger partial charge >= 0.3 is 0 Å². The van der Waals surface area contributed by atoms with Crippen LogP contribution in [0, 0.1) is 31.6 Å². The number of hydrogen-bond donors (Lipinski definition) is 2. The van der Waals surface area contributed by atoms with Gasteiger partial charge < -0.3 is 10.6 Å². The summed E-state index contributed by atoms with van der Waals surface area (Å²) in [6.45, 7) is 9.97. The first-order valence-electron chi connectivity index (χ1n) is 8.65. The van der Waals surface area contributed by atoms with Crippen LogP contribution < -0.4 is 10.6 Å². The van der Waals surface area contributed by atoms with E-state index >= 15 is 0 Å². The maximum Gasteiger partial charge on any atom is 0.224 e. The summed E-state index contributed by atoms with van der Waals surface area (Å²) in [5, 5.41) is 7.60. The molecule has 24 heavy (non-hydrogen) atoms. The Morgan fingerprint density at radius 2 is 1.92 bits per heavy atom. The summed E-state index contributed by atoms with van der Waals surface area (Å²) < 4.78 is 0. The van der Waals surface area contributed by atoms with Gasteiger partial charge in [-0.2, -0.15) is 0 Å². The number of carbonyl (C=O) groups is 1. The number of nitrogens with one attached hydrogen (secondary N) is 2. The third-order valence-electron chi connectivity index (χ3n) is 5.46. The highest BCUT2D eigenvalue weighted by molar-refractivity contribution is 5.87. The molecule has 1 aliphatic carbocycles. The Morgan fingerprint density at radius 3 is 2.62 bits per heavy atom. The molecule has 1 saturated heterocycles. The van der Waals surface area contributed by atoms with Crippen LogP contribution in [-0.4, -0.2) is 29.0 Å². The van der Waals surface area contributed by atoms with Crippen LogP contribution >= 0.6 is 0 Å². The number of aromatic nitrogens is 2. The van der Waals surface area contributed by atoms with Crippen molar-refractivity contribution < 1.29 is 4.79 Å². The Bertz CT molecular complexity index is 819. The van der Waals surface area contributed by atoms with Crippen LogP contribution in [0.1, 0.15) is 30.9 Å². The molecule has 2 N–H and O–H groups in total. The second-order valence-corrected chi connectivity index (χ2v) is 7.72. The summed E-state index contributed by atoms with van der Waals surface area (Å²) in [4.78, 5) is 22.0. The number of fused-ring (bicyclic) bond motifs is 2. The number of piperidine rings is 1. The molecule has 2 aromatic rings. The molecule has 126 valence electrons. The van der Waals surface area contributed by atoms with Gasteiger partial charge in [-0.15, -0.1) is 0 Å². The van der Waals surface area contributed by atoms with E-state index in [4.69, 9.17) is 0 Å². The van der Waals surface area contributed by atoms with Crippen molar-refractivity contribution >= 4 is 16.8 Å². The average molecular weight is 324 g/mol. The molecule has 3 atom stereocenters. The molecule has 2 fully saturated rings. The Morgan fingerprint density at radius 1 is 1.21 bits per heavy atom. The van der Waals surface area contributed by atoms with Gasteiger partial charge in [0.1, 0.15) is 5.82 Å². The number of para-hydroxylation sites is 1. The van der Waals surface area contributed by atoms with Gasteiger partial charge in [-0.1, -0.05) is 18.2 Å². The van der Waals surface area contributed by atoms with Gasteiger partial charge in [-0.25, -0.2) is 9.97 Å². The fraction of sp³-hybridized carbons (Fsp3) is 0.526. The lowest BCUT2D eigenvalue weighted by molar-refractivity contribution is -0.124. The van der Waals surface area contributed by atoms with E-state index < -0.39 is 5.54 Å². The molecule has 1 saturated carbocycles. The summed E-state index contributed by atoms with van der Waals surface area (Å²) in [7, 11) is 0. The van der Waals surface area contributed by atoms with Crippen molar-refractivity contribution in [3.8, 4) is 0 Å². The van der Waals surface area contributed by atoms with Crippen molar-refractivity contribution in [3.05, 3.63) is 35.3 Å².